The molecule has 106 valence electrons. The summed E-state index contributed by atoms with van der Waals surface area (Å²) in [6.07, 6.45) is 2.14. The van der Waals surface area contributed by atoms with E-state index in [4.69, 9.17) is 4.74 Å². The first-order chi connectivity index (χ1) is 9.65. The molecule has 0 saturated carbocycles. The number of aromatic nitrogens is 2. The Bertz CT molecular complexity index is 607. The van der Waals surface area contributed by atoms with Gasteiger partial charge in [0.15, 0.2) is 0 Å². The van der Waals surface area contributed by atoms with Gasteiger partial charge in [0.1, 0.15) is 23.7 Å². The van der Waals surface area contributed by atoms with Gasteiger partial charge in [0.05, 0.1) is 10.0 Å². The number of hydrogen-bond acceptors (Lipinski definition) is 4. The van der Waals surface area contributed by atoms with Gasteiger partial charge in [-0.15, -0.1) is 0 Å². The minimum atomic E-state index is -0.359. The third kappa shape index (κ3) is 3.25. The molecule has 0 amide bonds. The van der Waals surface area contributed by atoms with Crippen molar-refractivity contribution in [1.82, 2.24) is 9.97 Å². The average Bonchev–Trinajstić information content (AvgIpc) is 2.43. The molecule has 1 heterocycles. The Balaban J connectivity index is 2.37. The largest absolute Gasteiger partial charge is 0.437 e. The summed E-state index contributed by atoms with van der Waals surface area (Å²) in [7, 11) is 0. The number of nitrogens with one attached hydrogen (secondary N) is 1. The molecule has 0 atom stereocenters. The van der Waals surface area contributed by atoms with E-state index < -0.39 is 0 Å². The monoisotopic (exact) mass is 339 g/mol. The Morgan fingerprint density at radius 1 is 1.30 bits per heavy atom. The first-order valence-electron chi connectivity index (χ1n) is 6.36. The van der Waals surface area contributed by atoms with Crippen LogP contribution in [0.3, 0.4) is 0 Å². The van der Waals surface area contributed by atoms with E-state index in [-0.39, 0.29) is 5.82 Å². The number of nitrogens with zero attached hydrogens (tertiary/aromatic N) is 2. The summed E-state index contributed by atoms with van der Waals surface area (Å²) in [5.74, 6) is 1.21. The molecule has 0 saturated heterocycles. The molecular weight excluding hydrogens is 325 g/mol. The van der Waals surface area contributed by atoms with Crippen LogP contribution >= 0.6 is 15.9 Å². The van der Waals surface area contributed by atoms with Crippen molar-refractivity contribution in [2.45, 2.75) is 20.3 Å². The van der Waals surface area contributed by atoms with Gasteiger partial charge in [0.2, 0.25) is 5.88 Å². The Labute approximate surface area is 125 Å². The van der Waals surface area contributed by atoms with Crippen LogP contribution in [-0.4, -0.2) is 16.5 Å². The normalized spacial score (nSPS) is 10.4. The van der Waals surface area contributed by atoms with Crippen LogP contribution in [0.15, 0.2) is 29.0 Å². The van der Waals surface area contributed by atoms with E-state index >= 15 is 0 Å². The van der Waals surface area contributed by atoms with Gasteiger partial charge in [-0.1, -0.05) is 6.92 Å². The van der Waals surface area contributed by atoms with Crippen LogP contribution < -0.4 is 10.1 Å². The molecule has 2 aromatic rings. The summed E-state index contributed by atoms with van der Waals surface area (Å²) < 4.78 is 19.7. The fraction of sp³-hybridized carbons (Fsp3) is 0.286. The highest BCUT2D eigenvalue weighted by molar-refractivity contribution is 9.10. The van der Waals surface area contributed by atoms with Gasteiger partial charge in [-0.3, -0.25) is 0 Å². The molecule has 0 aliphatic rings. The number of anilines is 1. The zero-order valence-electron chi connectivity index (χ0n) is 11.3. The van der Waals surface area contributed by atoms with E-state index in [1.807, 2.05) is 13.8 Å². The lowest BCUT2D eigenvalue weighted by Crippen LogP contribution is -2.06. The summed E-state index contributed by atoms with van der Waals surface area (Å²) in [4.78, 5) is 8.34. The fourth-order valence-electron chi connectivity index (χ4n) is 1.78. The molecule has 6 heteroatoms. The number of halogens is 2. The van der Waals surface area contributed by atoms with Crippen molar-refractivity contribution in [2.75, 3.05) is 11.9 Å². The lowest BCUT2D eigenvalue weighted by atomic mass is 10.2. The van der Waals surface area contributed by atoms with Crippen molar-refractivity contribution in [2.24, 2.45) is 0 Å². The van der Waals surface area contributed by atoms with Crippen molar-refractivity contribution in [3.8, 4) is 11.6 Å². The molecule has 0 radical (unpaired) electrons. The third-order valence-electron chi connectivity index (χ3n) is 2.70. The molecule has 2 rings (SSSR count). The van der Waals surface area contributed by atoms with Gasteiger partial charge in [-0.2, -0.15) is 0 Å². The van der Waals surface area contributed by atoms with Crippen molar-refractivity contribution < 1.29 is 9.13 Å². The molecule has 1 aromatic carbocycles. The highest BCUT2D eigenvalue weighted by atomic mass is 79.9. The fourth-order valence-corrected chi connectivity index (χ4v) is 2.11. The van der Waals surface area contributed by atoms with E-state index in [0.29, 0.717) is 22.5 Å². The summed E-state index contributed by atoms with van der Waals surface area (Å²) in [5, 5.41) is 3.16. The van der Waals surface area contributed by atoms with Gasteiger partial charge in [0, 0.05) is 12.6 Å². The van der Waals surface area contributed by atoms with Crippen LogP contribution in [0.1, 0.15) is 19.4 Å². The minimum absolute atomic E-state index is 0.359. The second-order valence-corrected chi connectivity index (χ2v) is 4.92. The first kappa shape index (κ1) is 14.7. The van der Waals surface area contributed by atoms with Crippen molar-refractivity contribution >= 4 is 21.7 Å². The molecule has 4 nitrogen and oxygen atoms in total. The van der Waals surface area contributed by atoms with E-state index in [0.717, 1.165) is 17.9 Å². The van der Waals surface area contributed by atoms with Crippen LogP contribution in [0, 0.1) is 5.82 Å². The van der Waals surface area contributed by atoms with Gasteiger partial charge >= 0.3 is 0 Å². The maximum absolute atomic E-state index is 13.3. The molecule has 0 bridgehead atoms. The summed E-state index contributed by atoms with van der Waals surface area (Å²) in [5.41, 5.74) is 0.866. The lowest BCUT2D eigenvalue weighted by Gasteiger charge is -2.13. The Morgan fingerprint density at radius 3 is 2.80 bits per heavy atom. The average molecular weight is 340 g/mol. The molecule has 0 aliphatic carbocycles. The van der Waals surface area contributed by atoms with Crippen LogP contribution in [-0.2, 0) is 6.42 Å². The van der Waals surface area contributed by atoms with E-state index in [1.54, 1.807) is 6.07 Å². The predicted molar refractivity (Wildman–Crippen MR) is 79.7 cm³/mol. The van der Waals surface area contributed by atoms with Crippen molar-refractivity contribution in [3.05, 3.63) is 40.4 Å². The SMILES string of the molecule is CCNc1ncnc(Oc2cc(F)ccc2Br)c1CC. The maximum Gasteiger partial charge on any atom is 0.227 e. The number of hydrogen-bond donors (Lipinski definition) is 1. The van der Waals surface area contributed by atoms with Crippen LogP contribution in [0.4, 0.5) is 10.2 Å². The zero-order chi connectivity index (χ0) is 14.5. The van der Waals surface area contributed by atoms with Gasteiger partial charge in [-0.25, -0.2) is 14.4 Å². The van der Waals surface area contributed by atoms with Gasteiger partial charge in [-0.05, 0) is 41.4 Å². The van der Waals surface area contributed by atoms with E-state index in [1.165, 1.54) is 18.5 Å². The third-order valence-corrected chi connectivity index (χ3v) is 3.36. The topological polar surface area (TPSA) is 47.0 Å². The molecule has 0 aliphatic heterocycles. The highest BCUT2D eigenvalue weighted by Gasteiger charge is 2.13. The van der Waals surface area contributed by atoms with Crippen molar-refractivity contribution in [1.29, 1.82) is 0 Å². The Kier molecular flexibility index (Phi) is 4.89. The van der Waals surface area contributed by atoms with Crippen LogP contribution in [0.5, 0.6) is 11.6 Å². The quantitative estimate of drug-likeness (QED) is 0.888. The second-order valence-electron chi connectivity index (χ2n) is 4.07. The maximum atomic E-state index is 13.3. The highest BCUT2D eigenvalue weighted by Crippen LogP contribution is 2.32. The minimum Gasteiger partial charge on any atom is -0.437 e. The molecule has 1 aromatic heterocycles. The molecular formula is C14H15BrFN3O. The van der Waals surface area contributed by atoms with Gasteiger partial charge in [0.25, 0.3) is 0 Å². The van der Waals surface area contributed by atoms with Crippen LogP contribution in [0.2, 0.25) is 0 Å². The van der Waals surface area contributed by atoms with Crippen molar-refractivity contribution in [3.63, 3.8) is 0 Å². The Morgan fingerprint density at radius 2 is 2.10 bits per heavy atom. The Hall–Kier alpha value is -1.69. The molecule has 1 N–H and O–H groups in total. The number of benzene rings is 1. The first-order valence-corrected chi connectivity index (χ1v) is 7.15. The summed E-state index contributed by atoms with van der Waals surface area (Å²) in [6.45, 7) is 4.74. The molecule has 20 heavy (non-hydrogen) atoms. The van der Waals surface area contributed by atoms with E-state index in [9.17, 15) is 4.39 Å². The van der Waals surface area contributed by atoms with Gasteiger partial charge < -0.3 is 10.1 Å². The zero-order valence-corrected chi connectivity index (χ0v) is 12.9. The summed E-state index contributed by atoms with van der Waals surface area (Å²) >= 11 is 3.33. The van der Waals surface area contributed by atoms with Crippen LogP contribution in [0.25, 0.3) is 0 Å². The number of rotatable bonds is 5. The predicted octanol–water partition coefficient (Wildman–Crippen LogP) is 4.16. The molecule has 0 spiro atoms. The second kappa shape index (κ2) is 6.65. The lowest BCUT2D eigenvalue weighted by molar-refractivity contribution is 0.448. The standard InChI is InChI=1S/C14H15BrFN3O/c1-3-10-13(17-4-2)18-8-19-14(10)20-12-7-9(16)5-6-11(12)15/h5-8H,3-4H2,1-2H3,(H,17,18,19). The molecule has 0 unspecified atom stereocenters. The summed E-state index contributed by atoms with van der Waals surface area (Å²) in [6, 6.07) is 4.28. The van der Waals surface area contributed by atoms with E-state index in [2.05, 4.69) is 31.2 Å². The molecule has 0 fully saturated rings. The smallest absolute Gasteiger partial charge is 0.227 e. The number of ether oxygens (including phenoxy) is 1.